The first-order valence-corrected chi connectivity index (χ1v) is 3.53. The summed E-state index contributed by atoms with van der Waals surface area (Å²) in [7, 11) is 0. The van der Waals surface area contributed by atoms with E-state index < -0.39 is 34.0 Å². The van der Waals surface area contributed by atoms with Crippen molar-refractivity contribution in [3.05, 3.63) is 44.0 Å². The van der Waals surface area contributed by atoms with E-state index in [1.54, 1.807) is 0 Å². The Balaban J connectivity index is 3.19. The van der Waals surface area contributed by atoms with E-state index in [2.05, 4.69) is 4.74 Å². The summed E-state index contributed by atoms with van der Waals surface area (Å²) in [5, 5.41) is 29.5. The minimum atomic E-state index is -1.28. The molecule has 0 amide bonds. The van der Waals surface area contributed by atoms with Crippen molar-refractivity contribution >= 4 is 0 Å². The van der Waals surface area contributed by atoms with Crippen LogP contribution >= 0.6 is 0 Å². The number of hydrogen-bond acceptors (Lipinski definition) is 6. The van der Waals surface area contributed by atoms with Crippen LogP contribution in [-0.2, 0) is 4.74 Å². The van der Waals surface area contributed by atoms with Gasteiger partial charge in [-0.15, -0.1) is 0 Å². The molecule has 8 heteroatoms. The Kier molecular flexibility index (Phi) is 2.77. The third-order valence-electron chi connectivity index (χ3n) is 1.60. The maximum Gasteiger partial charge on any atom is 0.365 e. The number of hydrogen-bond donors (Lipinski definition) is 1. The topological polar surface area (TPSA) is 116 Å². The molecular formula is C6H6N2O6. The molecule has 1 aliphatic rings. The molecule has 0 aromatic carbocycles. The highest BCUT2D eigenvalue weighted by molar-refractivity contribution is 5.20. The highest BCUT2D eigenvalue weighted by Crippen LogP contribution is 2.19. The normalized spacial score (nSPS) is 20.5. The molecule has 76 valence electrons. The second-order valence-electron chi connectivity index (χ2n) is 2.39. The fraction of sp³-hybridized carbons (Fsp3) is 0.333. The molecule has 0 bridgehead atoms. The van der Waals surface area contributed by atoms with Gasteiger partial charge in [0.1, 0.15) is 0 Å². The first kappa shape index (κ1) is 10.1. The first-order valence-electron chi connectivity index (χ1n) is 3.53. The van der Waals surface area contributed by atoms with Gasteiger partial charge in [0.25, 0.3) is 0 Å². The smallest absolute Gasteiger partial charge is 0.365 e. The van der Waals surface area contributed by atoms with Gasteiger partial charge in [-0.2, -0.15) is 0 Å². The standard InChI is InChI=1S/C6H6N2O6/c9-3-5-6(8(12)13)4(7(10)11)1-2-14-5/h1-2,5,9H,3H2. The zero-order valence-corrected chi connectivity index (χ0v) is 6.82. The molecule has 8 nitrogen and oxygen atoms in total. The van der Waals surface area contributed by atoms with Crippen LogP contribution in [0.3, 0.4) is 0 Å². The fourth-order valence-electron chi connectivity index (χ4n) is 1.01. The lowest BCUT2D eigenvalue weighted by atomic mass is 10.2. The minimum Gasteiger partial charge on any atom is -0.484 e. The van der Waals surface area contributed by atoms with E-state index in [0.717, 1.165) is 12.3 Å². The average Bonchev–Trinajstić information content (AvgIpc) is 2.16. The Morgan fingerprint density at radius 3 is 2.50 bits per heavy atom. The molecule has 0 aliphatic carbocycles. The average molecular weight is 202 g/mol. The second-order valence-corrected chi connectivity index (χ2v) is 2.39. The molecule has 0 fully saturated rings. The van der Waals surface area contributed by atoms with Gasteiger partial charge in [-0.1, -0.05) is 0 Å². The van der Waals surface area contributed by atoms with Gasteiger partial charge in [0.2, 0.25) is 6.10 Å². The number of aliphatic hydroxyl groups is 1. The molecule has 1 unspecified atom stereocenters. The summed E-state index contributed by atoms with van der Waals surface area (Å²) >= 11 is 0. The summed E-state index contributed by atoms with van der Waals surface area (Å²) in [5.74, 6) is 0. The number of nitro groups is 2. The monoisotopic (exact) mass is 202 g/mol. The first-order chi connectivity index (χ1) is 6.57. The molecule has 0 saturated heterocycles. The molecule has 0 aromatic rings. The van der Waals surface area contributed by atoms with Crippen LogP contribution in [0, 0.1) is 20.2 Å². The van der Waals surface area contributed by atoms with E-state index in [9.17, 15) is 20.2 Å². The molecule has 1 rings (SSSR count). The number of ether oxygens (including phenoxy) is 1. The molecule has 1 atom stereocenters. The van der Waals surface area contributed by atoms with E-state index >= 15 is 0 Å². The Hall–Kier alpha value is -1.96. The van der Waals surface area contributed by atoms with Crippen molar-refractivity contribution < 1.29 is 19.7 Å². The van der Waals surface area contributed by atoms with Crippen LogP contribution < -0.4 is 0 Å². The fourth-order valence-corrected chi connectivity index (χ4v) is 1.01. The summed E-state index contributed by atoms with van der Waals surface area (Å²) < 4.78 is 4.65. The van der Waals surface area contributed by atoms with Crippen molar-refractivity contribution in [2.24, 2.45) is 0 Å². The van der Waals surface area contributed by atoms with Crippen molar-refractivity contribution in [3.63, 3.8) is 0 Å². The van der Waals surface area contributed by atoms with Gasteiger partial charge in [0.05, 0.1) is 28.8 Å². The summed E-state index contributed by atoms with van der Waals surface area (Å²) in [6, 6.07) is 0. The summed E-state index contributed by atoms with van der Waals surface area (Å²) in [6.45, 7) is -0.683. The van der Waals surface area contributed by atoms with Crippen LogP contribution in [0.5, 0.6) is 0 Å². The quantitative estimate of drug-likeness (QED) is 0.494. The largest absolute Gasteiger partial charge is 0.484 e. The van der Waals surface area contributed by atoms with E-state index in [1.165, 1.54) is 0 Å². The third-order valence-corrected chi connectivity index (χ3v) is 1.60. The van der Waals surface area contributed by atoms with Gasteiger partial charge < -0.3 is 9.84 Å². The van der Waals surface area contributed by atoms with Gasteiger partial charge in [0.15, 0.2) is 0 Å². The molecule has 1 aliphatic heterocycles. The molecule has 0 aromatic heterocycles. The predicted octanol–water partition coefficient (Wildman–Crippen LogP) is -0.344. The van der Waals surface area contributed by atoms with Crippen LogP contribution in [0.15, 0.2) is 23.7 Å². The molecule has 14 heavy (non-hydrogen) atoms. The van der Waals surface area contributed by atoms with E-state index in [0.29, 0.717) is 0 Å². The molecule has 0 spiro atoms. The predicted molar refractivity (Wildman–Crippen MR) is 42.1 cm³/mol. The van der Waals surface area contributed by atoms with Crippen LogP contribution in [0.4, 0.5) is 0 Å². The number of aliphatic hydroxyl groups excluding tert-OH is 1. The van der Waals surface area contributed by atoms with Crippen LogP contribution in [0.1, 0.15) is 0 Å². The number of rotatable bonds is 3. The lowest BCUT2D eigenvalue weighted by Crippen LogP contribution is -2.28. The lowest BCUT2D eigenvalue weighted by Gasteiger charge is -2.13. The Bertz CT molecular complexity index is 333. The maximum atomic E-state index is 10.5. The van der Waals surface area contributed by atoms with Crippen molar-refractivity contribution in [2.45, 2.75) is 6.10 Å². The third kappa shape index (κ3) is 1.69. The second kappa shape index (κ2) is 3.83. The number of allylic oxidation sites excluding steroid dienone is 1. The van der Waals surface area contributed by atoms with E-state index in [4.69, 9.17) is 5.11 Å². The van der Waals surface area contributed by atoms with Crippen LogP contribution in [0.25, 0.3) is 0 Å². The van der Waals surface area contributed by atoms with Gasteiger partial charge >= 0.3 is 11.4 Å². The SMILES string of the molecule is O=[N+]([O-])C1=C([N+](=O)[O-])C(CO)OC=C1. The molecule has 0 radical (unpaired) electrons. The molecular weight excluding hydrogens is 196 g/mol. The molecule has 1 N–H and O–H groups in total. The minimum absolute atomic E-state index is 0.666. The summed E-state index contributed by atoms with van der Waals surface area (Å²) in [5.41, 5.74) is -1.40. The van der Waals surface area contributed by atoms with Gasteiger partial charge in [-0.05, 0) is 0 Å². The van der Waals surface area contributed by atoms with E-state index in [1.807, 2.05) is 0 Å². The Morgan fingerprint density at radius 1 is 1.43 bits per heavy atom. The summed E-state index contributed by atoms with van der Waals surface area (Å²) in [6.07, 6.45) is 0.548. The molecule has 1 heterocycles. The van der Waals surface area contributed by atoms with Crippen molar-refractivity contribution in [1.82, 2.24) is 0 Å². The van der Waals surface area contributed by atoms with Crippen molar-refractivity contribution in [3.8, 4) is 0 Å². The van der Waals surface area contributed by atoms with Crippen LogP contribution in [0.2, 0.25) is 0 Å². The van der Waals surface area contributed by atoms with Gasteiger partial charge in [-0.3, -0.25) is 20.2 Å². The zero-order chi connectivity index (χ0) is 10.7. The highest BCUT2D eigenvalue weighted by Gasteiger charge is 2.38. The Morgan fingerprint density at radius 2 is 2.07 bits per heavy atom. The van der Waals surface area contributed by atoms with Crippen molar-refractivity contribution in [1.29, 1.82) is 0 Å². The van der Waals surface area contributed by atoms with Crippen molar-refractivity contribution in [2.75, 3.05) is 6.61 Å². The van der Waals surface area contributed by atoms with Gasteiger partial charge in [-0.25, -0.2) is 0 Å². The molecule has 0 saturated carbocycles. The van der Waals surface area contributed by atoms with Gasteiger partial charge in [0, 0.05) is 0 Å². The summed E-state index contributed by atoms with van der Waals surface area (Å²) in [4.78, 5) is 19.0. The maximum absolute atomic E-state index is 10.5. The van der Waals surface area contributed by atoms with E-state index in [-0.39, 0.29) is 0 Å². The Labute approximate surface area is 77.4 Å². The highest BCUT2D eigenvalue weighted by atomic mass is 16.6. The lowest BCUT2D eigenvalue weighted by molar-refractivity contribution is -0.477. The number of nitrogens with zero attached hydrogens (tertiary/aromatic N) is 2. The zero-order valence-electron chi connectivity index (χ0n) is 6.82. The van der Waals surface area contributed by atoms with Crippen LogP contribution in [-0.4, -0.2) is 27.7 Å².